The van der Waals surface area contributed by atoms with Crippen LogP contribution in [0.4, 0.5) is 0 Å². The zero-order chi connectivity index (χ0) is 7.84. The molecule has 0 heterocycles. The third-order valence-electron chi connectivity index (χ3n) is 2.87. The van der Waals surface area contributed by atoms with Crippen LogP contribution < -0.4 is 0 Å². The topological polar surface area (TPSA) is 37.3 Å². The van der Waals surface area contributed by atoms with Crippen molar-refractivity contribution in [3.05, 3.63) is 0 Å². The fraction of sp³-hybridized carbons (Fsp3) is 0.889. The zero-order valence-corrected chi connectivity index (χ0v) is 7.85. The minimum Gasteiger partial charge on any atom is -0.481 e. The Bertz CT molecular complexity index is 161. The Hall–Kier alpha value is -0.240. The predicted octanol–water partition coefficient (Wildman–Crippen LogP) is 2.32. The second kappa shape index (κ2) is 3.65. The summed E-state index contributed by atoms with van der Waals surface area (Å²) in [4.78, 5) is 10.5. The molecule has 2 fully saturated rings. The minimum atomic E-state index is -0.603. The SMILES string of the molecule is Cl.O=C(O)CC(C1CC1)C1CC1. The molecule has 0 saturated heterocycles. The van der Waals surface area contributed by atoms with Crippen LogP contribution in [0, 0.1) is 17.8 Å². The largest absolute Gasteiger partial charge is 0.481 e. The molecule has 2 aliphatic rings. The zero-order valence-electron chi connectivity index (χ0n) is 7.03. The van der Waals surface area contributed by atoms with Gasteiger partial charge in [0.2, 0.25) is 0 Å². The summed E-state index contributed by atoms with van der Waals surface area (Å²) >= 11 is 0. The number of carbonyl (C=O) groups is 1. The Morgan fingerprint density at radius 1 is 1.25 bits per heavy atom. The lowest BCUT2D eigenvalue weighted by molar-refractivity contribution is -0.138. The van der Waals surface area contributed by atoms with E-state index < -0.39 is 5.97 Å². The summed E-state index contributed by atoms with van der Waals surface area (Å²) in [6.07, 6.45) is 5.57. The van der Waals surface area contributed by atoms with Crippen molar-refractivity contribution in [3.63, 3.8) is 0 Å². The smallest absolute Gasteiger partial charge is 0.303 e. The summed E-state index contributed by atoms with van der Waals surface area (Å²) in [6, 6.07) is 0. The van der Waals surface area contributed by atoms with E-state index in [9.17, 15) is 4.79 Å². The van der Waals surface area contributed by atoms with Gasteiger partial charge in [0.1, 0.15) is 0 Å². The van der Waals surface area contributed by atoms with Gasteiger partial charge in [-0.1, -0.05) is 0 Å². The van der Waals surface area contributed by atoms with Gasteiger partial charge in [-0.15, -0.1) is 12.4 Å². The number of carboxylic acids is 1. The first-order valence-corrected chi connectivity index (χ1v) is 4.49. The number of rotatable bonds is 4. The van der Waals surface area contributed by atoms with Gasteiger partial charge in [-0.25, -0.2) is 0 Å². The maximum atomic E-state index is 10.5. The normalized spacial score (nSPS) is 22.1. The highest BCUT2D eigenvalue weighted by Crippen LogP contribution is 2.50. The standard InChI is InChI=1S/C9H14O2.ClH/c10-9(11)5-8(6-1-2-6)7-3-4-7;/h6-8H,1-5H2,(H,10,11);1H. The van der Waals surface area contributed by atoms with E-state index in [-0.39, 0.29) is 12.4 Å². The second-order valence-electron chi connectivity index (χ2n) is 3.94. The molecule has 0 amide bonds. The number of carboxylic acid groups (broad SMARTS) is 1. The van der Waals surface area contributed by atoms with Crippen LogP contribution in [0.25, 0.3) is 0 Å². The highest BCUT2D eigenvalue weighted by Gasteiger charge is 2.42. The van der Waals surface area contributed by atoms with Crippen LogP contribution in [0.15, 0.2) is 0 Å². The first-order chi connectivity index (χ1) is 5.27. The lowest BCUT2D eigenvalue weighted by Gasteiger charge is -2.11. The van der Waals surface area contributed by atoms with Gasteiger partial charge >= 0.3 is 5.97 Å². The average molecular weight is 191 g/mol. The van der Waals surface area contributed by atoms with Gasteiger partial charge in [0.25, 0.3) is 0 Å². The highest BCUT2D eigenvalue weighted by molar-refractivity contribution is 5.85. The summed E-state index contributed by atoms with van der Waals surface area (Å²) in [6.45, 7) is 0. The lowest BCUT2D eigenvalue weighted by atomic mass is 9.94. The van der Waals surface area contributed by atoms with Crippen molar-refractivity contribution < 1.29 is 9.90 Å². The van der Waals surface area contributed by atoms with Crippen LogP contribution in [0.2, 0.25) is 0 Å². The molecular weight excluding hydrogens is 176 g/mol. The Labute approximate surface area is 78.8 Å². The van der Waals surface area contributed by atoms with Crippen LogP contribution in [0.1, 0.15) is 32.1 Å². The number of aliphatic carboxylic acids is 1. The lowest BCUT2D eigenvalue weighted by Crippen LogP contribution is -2.11. The van der Waals surface area contributed by atoms with Gasteiger partial charge in [-0.3, -0.25) is 4.79 Å². The number of hydrogen-bond acceptors (Lipinski definition) is 1. The Balaban J connectivity index is 0.000000720. The highest BCUT2D eigenvalue weighted by atomic mass is 35.5. The van der Waals surface area contributed by atoms with E-state index in [0.717, 1.165) is 11.8 Å². The molecule has 0 aliphatic heterocycles. The minimum absolute atomic E-state index is 0. The molecular formula is C9H15ClO2. The fourth-order valence-corrected chi connectivity index (χ4v) is 1.97. The summed E-state index contributed by atoms with van der Waals surface area (Å²) in [5, 5.41) is 8.64. The van der Waals surface area contributed by atoms with E-state index in [1.807, 2.05) is 0 Å². The molecule has 70 valence electrons. The van der Waals surface area contributed by atoms with Gasteiger partial charge in [0.05, 0.1) is 0 Å². The Morgan fingerprint density at radius 3 is 1.92 bits per heavy atom. The van der Waals surface area contributed by atoms with Crippen LogP contribution in [-0.2, 0) is 4.79 Å². The molecule has 2 nitrogen and oxygen atoms in total. The maximum Gasteiger partial charge on any atom is 0.303 e. The van der Waals surface area contributed by atoms with Crippen LogP contribution in [0.3, 0.4) is 0 Å². The number of halogens is 1. The van der Waals surface area contributed by atoms with Gasteiger partial charge in [-0.2, -0.15) is 0 Å². The molecule has 0 radical (unpaired) electrons. The maximum absolute atomic E-state index is 10.5. The quantitative estimate of drug-likeness (QED) is 0.739. The van der Waals surface area contributed by atoms with Crippen molar-refractivity contribution in [1.82, 2.24) is 0 Å². The Kier molecular flexibility index (Phi) is 2.99. The predicted molar refractivity (Wildman–Crippen MR) is 48.4 cm³/mol. The molecule has 0 spiro atoms. The third-order valence-corrected chi connectivity index (χ3v) is 2.87. The monoisotopic (exact) mass is 190 g/mol. The van der Waals surface area contributed by atoms with Crippen molar-refractivity contribution in [1.29, 1.82) is 0 Å². The fourth-order valence-electron chi connectivity index (χ4n) is 1.97. The summed E-state index contributed by atoms with van der Waals surface area (Å²) in [5.74, 6) is 1.48. The first kappa shape index (κ1) is 9.85. The molecule has 0 unspecified atom stereocenters. The molecule has 0 atom stereocenters. The molecule has 0 bridgehead atoms. The van der Waals surface area contributed by atoms with Crippen molar-refractivity contribution in [2.24, 2.45) is 17.8 Å². The summed E-state index contributed by atoms with van der Waals surface area (Å²) < 4.78 is 0. The van der Waals surface area contributed by atoms with Gasteiger partial charge in [0.15, 0.2) is 0 Å². The number of hydrogen-bond donors (Lipinski definition) is 1. The van der Waals surface area contributed by atoms with Crippen molar-refractivity contribution >= 4 is 18.4 Å². The molecule has 12 heavy (non-hydrogen) atoms. The van der Waals surface area contributed by atoms with Gasteiger partial charge < -0.3 is 5.11 Å². The van der Waals surface area contributed by atoms with Crippen LogP contribution in [-0.4, -0.2) is 11.1 Å². The van der Waals surface area contributed by atoms with Gasteiger partial charge in [-0.05, 0) is 43.4 Å². The average Bonchev–Trinajstić information content (AvgIpc) is 2.79. The second-order valence-corrected chi connectivity index (χ2v) is 3.94. The molecule has 2 rings (SSSR count). The van der Waals surface area contributed by atoms with E-state index >= 15 is 0 Å². The third kappa shape index (κ3) is 2.37. The molecule has 0 aromatic heterocycles. The Morgan fingerprint density at radius 2 is 1.67 bits per heavy atom. The summed E-state index contributed by atoms with van der Waals surface area (Å²) in [5.41, 5.74) is 0. The molecule has 2 aliphatic carbocycles. The summed E-state index contributed by atoms with van der Waals surface area (Å²) in [7, 11) is 0. The van der Waals surface area contributed by atoms with Crippen LogP contribution >= 0.6 is 12.4 Å². The molecule has 0 aromatic carbocycles. The van der Waals surface area contributed by atoms with E-state index in [2.05, 4.69) is 0 Å². The van der Waals surface area contributed by atoms with Crippen molar-refractivity contribution in [2.45, 2.75) is 32.1 Å². The van der Waals surface area contributed by atoms with E-state index in [4.69, 9.17) is 5.11 Å². The molecule has 3 heteroatoms. The van der Waals surface area contributed by atoms with Crippen molar-refractivity contribution in [2.75, 3.05) is 0 Å². The van der Waals surface area contributed by atoms with E-state index in [1.165, 1.54) is 25.7 Å². The van der Waals surface area contributed by atoms with E-state index in [1.54, 1.807) is 0 Å². The molecule has 0 aromatic rings. The van der Waals surface area contributed by atoms with E-state index in [0.29, 0.717) is 12.3 Å². The first-order valence-electron chi connectivity index (χ1n) is 4.49. The molecule has 1 N–H and O–H groups in total. The van der Waals surface area contributed by atoms with Crippen molar-refractivity contribution in [3.8, 4) is 0 Å². The van der Waals surface area contributed by atoms with Gasteiger partial charge in [0, 0.05) is 6.42 Å². The molecule has 2 saturated carbocycles. The van der Waals surface area contributed by atoms with Crippen LogP contribution in [0.5, 0.6) is 0 Å².